The number of hydrogen-bond acceptors (Lipinski definition) is 6. The molecule has 1 aromatic carbocycles. The molecule has 6 N–H and O–H groups in total. The third-order valence-electron chi connectivity index (χ3n) is 7.71. The highest BCUT2D eigenvalue weighted by molar-refractivity contribution is 5.79. The molecule has 5 atom stereocenters. The molecule has 194 valence electrons. The van der Waals surface area contributed by atoms with E-state index in [1.54, 1.807) is 12.4 Å². The van der Waals surface area contributed by atoms with Crippen LogP contribution in [0.25, 0.3) is 11.1 Å². The van der Waals surface area contributed by atoms with Crippen LogP contribution < -0.4 is 11.1 Å². The van der Waals surface area contributed by atoms with Crippen molar-refractivity contribution in [2.75, 3.05) is 19.6 Å². The van der Waals surface area contributed by atoms with Crippen LogP contribution >= 0.6 is 0 Å². The zero-order valence-electron chi connectivity index (χ0n) is 20.4. The van der Waals surface area contributed by atoms with Crippen LogP contribution in [-0.4, -0.2) is 69.0 Å². The van der Waals surface area contributed by atoms with Gasteiger partial charge in [0, 0.05) is 55.5 Å². The second-order valence-corrected chi connectivity index (χ2v) is 10.1. The lowest BCUT2D eigenvalue weighted by atomic mass is 9.72. The average molecular weight is 497 g/mol. The minimum Gasteiger partial charge on any atom is -0.465 e. The Morgan fingerprint density at radius 3 is 2.69 bits per heavy atom. The van der Waals surface area contributed by atoms with E-state index < -0.39 is 17.8 Å². The molecule has 1 aliphatic heterocycles. The molecule has 2 heterocycles. The first-order valence-electron chi connectivity index (χ1n) is 12.7. The van der Waals surface area contributed by atoms with E-state index in [1.807, 2.05) is 41.3 Å². The third-order valence-corrected chi connectivity index (χ3v) is 7.71. The molecule has 2 unspecified atom stereocenters. The fraction of sp³-hybridized carbons (Fsp3) is 0.519. The molecule has 1 saturated carbocycles. The van der Waals surface area contributed by atoms with Crippen LogP contribution in [0, 0.1) is 11.8 Å². The van der Waals surface area contributed by atoms with Crippen molar-refractivity contribution in [2.45, 2.75) is 56.3 Å². The van der Waals surface area contributed by atoms with Gasteiger partial charge in [-0.2, -0.15) is 0 Å². The lowest BCUT2D eigenvalue weighted by Crippen LogP contribution is -2.49. The van der Waals surface area contributed by atoms with Gasteiger partial charge in [-0.05, 0) is 55.7 Å². The number of likely N-dealkylation sites (tertiary alicyclic amines) is 1. The van der Waals surface area contributed by atoms with E-state index in [0.717, 1.165) is 29.5 Å². The van der Waals surface area contributed by atoms with Crippen molar-refractivity contribution < 1.29 is 24.9 Å². The van der Waals surface area contributed by atoms with Gasteiger partial charge in [-0.25, -0.2) is 4.79 Å². The van der Waals surface area contributed by atoms with E-state index in [0.29, 0.717) is 38.8 Å². The predicted octanol–water partition coefficient (Wildman–Crippen LogP) is 2.32. The number of piperidine rings is 1. The summed E-state index contributed by atoms with van der Waals surface area (Å²) in [5, 5.41) is 33.8. The SMILES string of the molecule is N[C@@H]1C[C@H](C(=O)N2CCCC(C(O)(CCCNC(=O)O)c3ccccc3-c3cccnc3)C2)C[C@@H]1O. The first-order valence-corrected chi connectivity index (χ1v) is 12.7. The molecule has 36 heavy (non-hydrogen) atoms. The Bertz CT molecular complexity index is 1040. The maximum absolute atomic E-state index is 13.3. The molecular formula is C27H36N4O5. The fourth-order valence-electron chi connectivity index (χ4n) is 5.82. The van der Waals surface area contributed by atoms with Crippen LogP contribution in [0.2, 0.25) is 0 Å². The molecule has 2 aliphatic rings. The number of nitrogens with one attached hydrogen (secondary N) is 1. The van der Waals surface area contributed by atoms with Gasteiger partial charge in [0.15, 0.2) is 0 Å². The Kier molecular flexibility index (Phi) is 8.23. The number of nitrogens with zero attached hydrogens (tertiary/aromatic N) is 2. The van der Waals surface area contributed by atoms with Gasteiger partial charge in [-0.1, -0.05) is 30.3 Å². The Labute approximate surface area is 211 Å². The van der Waals surface area contributed by atoms with Crippen molar-refractivity contribution in [2.24, 2.45) is 17.6 Å². The maximum atomic E-state index is 13.3. The van der Waals surface area contributed by atoms with Crippen LogP contribution in [0.3, 0.4) is 0 Å². The summed E-state index contributed by atoms with van der Waals surface area (Å²) in [6.07, 6.45) is 4.81. The van der Waals surface area contributed by atoms with Gasteiger partial charge in [-0.3, -0.25) is 9.78 Å². The number of carboxylic acid groups (broad SMARTS) is 1. The van der Waals surface area contributed by atoms with E-state index in [2.05, 4.69) is 10.3 Å². The molecule has 1 aliphatic carbocycles. The number of aliphatic hydroxyl groups is 2. The highest BCUT2D eigenvalue weighted by atomic mass is 16.4. The number of carbonyl (C=O) groups excluding carboxylic acids is 1. The third kappa shape index (κ3) is 5.69. The van der Waals surface area contributed by atoms with Crippen LogP contribution in [0.1, 0.15) is 44.1 Å². The lowest BCUT2D eigenvalue weighted by molar-refractivity contribution is -0.141. The predicted molar refractivity (Wildman–Crippen MR) is 135 cm³/mol. The van der Waals surface area contributed by atoms with Crippen LogP contribution in [0.4, 0.5) is 4.79 Å². The minimum absolute atomic E-state index is 0.0119. The molecule has 2 aromatic rings. The van der Waals surface area contributed by atoms with Crippen molar-refractivity contribution in [3.63, 3.8) is 0 Å². The number of hydrogen-bond donors (Lipinski definition) is 5. The van der Waals surface area contributed by atoms with E-state index in [-0.39, 0.29) is 30.3 Å². The molecule has 0 radical (unpaired) electrons. The summed E-state index contributed by atoms with van der Waals surface area (Å²) in [7, 11) is 0. The summed E-state index contributed by atoms with van der Waals surface area (Å²) in [5.74, 6) is -0.552. The molecule has 9 heteroatoms. The second kappa shape index (κ2) is 11.4. The minimum atomic E-state index is -1.28. The molecule has 0 spiro atoms. The molecule has 2 amide bonds. The number of amides is 2. The van der Waals surface area contributed by atoms with Crippen molar-refractivity contribution in [1.29, 1.82) is 0 Å². The van der Waals surface area contributed by atoms with Gasteiger partial charge in [0.2, 0.25) is 5.91 Å². The number of rotatable bonds is 8. The summed E-state index contributed by atoms with van der Waals surface area (Å²) >= 11 is 0. The summed E-state index contributed by atoms with van der Waals surface area (Å²) < 4.78 is 0. The summed E-state index contributed by atoms with van der Waals surface area (Å²) in [6, 6.07) is 11.1. The Hall–Kier alpha value is -3.01. The van der Waals surface area contributed by atoms with Gasteiger partial charge >= 0.3 is 6.09 Å². The first-order chi connectivity index (χ1) is 17.3. The molecule has 4 rings (SSSR count). The largest absolute Gasteiger partial charge is 0.465 e. The van der Waals surface area contributed by atoms with Crippen LogP contribution in [-0.2, 0) is 10.4 Å². The standard InChI is InChI=1S/C27H36N4O5/c28-23-14-19(15-24(23)32)25(33)31-13-4-7-20(17-31)27(36,10-5-12-30-26(34)35)22-9-2-1-8-21(22)18-6-3-11-29-16-18/h1-3,6,8-9,11,16,19-20,23-24,30,32,36H,4-5,7,10,12-15,17,28H2,(H,34,35)/t19-,20?,23+,24-,27?/m0/s1. The number of aromatic nitrogens is 1. The molecule has 2 fully saturated rings. The van der Waals surface area contributed by atoms with Gasteiger partial charge in [0.25, 0.3) is 0 Å². The van der Waals surface area contributed by atoms with Gasteiger partial charge < -0.3 is 31.3 Å². The smallest absolute Gasteiger partial charge is 0.404 e. The van der Waals surface area contributed by atoms with Crippen molar-refractivity contribution in [1.82, 2.24) is 15.2 Å². The van der Waals surface area contributed by atoms with Gasteiger partial charge in [0.1, 0.15) is 0 Å². The number of carbonyl (C=O) groups is 2. The first kappa shape index (κ1) is 26.1. The topological polar surface area (TPSA) is 149 Å². The molecule has 0 bridgehead atoms. The number of benzene rings is 1. The van der Waals surface area contributed by atoms with E-state index in [4.69, 9.17) is 10.8 Å². The Balaban J connectivity index is 1.62. The number of pyridine rings is 1. The number of nitrogens with two attached hydrogens (primary N) is 1. The van der Waals surface area contributed by atoms with Crippen molar-refractivity contribution in [3.05, 3.63) is 54.4 Å². The van der Waals surface area contributed by atoms with Crippen molar-refractivity contribution in [3.8, 4) is 11.1 Å². The summed E-state index contributed by atoms with van der Waals surface area (Å²) in [5.41, 5.74) is 7.18. The summed E-state index contributed by atoms with van der Waals surface area (Å²) in [4.78, 5) is 30.4. The van der Waals surface area contributed by atoms with E-state index in [9.17, 15) is 19.8 Å². The Morgan fingerprint density at radius 1 is 1.19 bits per heavy atom. The van der Waals surface area contributed by atoms with E-state index >= 15 is 0 Å². The monoisotopic (exact) mass is 496 g/mol. The van der Waals surface area contributed by atoms with Gasteiger partial charge in [0.05, 0.1) is 11.7 Å². The normalized spacial score (nSPS) is 25.8. The zero-order chi connectivity index (χ0) is 25.7. The van der Waals surface area contributed by atoms with Crippen LogP contribution in [0.5, 0.6) is 0 Å². The van der Waals surface area contributed by atoms with E-state index in [1.165, 1.54) is 0 Å². The van der Waals surface area contributed by atoms with Crippen molar-refractivity contribution >= 4 is 12.0 Å². The van der Waals surface area contributed by atoms with Gasteiger partial charge in [-0.15, -0.1) is 0 Å². The molecule has 1 aromatic heterocycles. The molecule has 9 nitrogen and oxygen atoms in total. The number of aliphatic hydroxyl groups excluding tert-OH is 1. The molecular weight excluding hydrogens is 460 g/mol. The highest BCUT2D eigenvalue weighted by Crippen LogP contribution is 2.43. The average Bonchev–Trinajstić information content (AvgIpc) is 3.24. The molecule has 1 saturated heterocycles. The van der Waals surface area contributed by atoms with Crippen LogP contribution in [0.15, 0.2) is 48.8 Å². The Morgan fingerprint density at radius 2 is 2.00 bits per heavy atom. The summed E-state index contributed by atoms with van der Waals surface area (Å²) in [6.45, 7) is 1.23. The zero-order valence-corrected chi connectivity index (χ0v) is 20.4. The lowest BCUT2D eigenvalue weighted by Gasteiger charge is -2.44. The highest BCUT2D eigenvalue weighted by Gasteiger charge is 2.44. The maximum Gasteiger partial charge on any atom is 0.404 e. The second-order valence-electron chi connectivity index (χ2n) is 10.1. The fourth-order valence-corrected chi connectivity index (χ4v) is 5.82. The quantitative estimate of drug-likeness (QED) is 0.352.